The predicted octanol–water partition coefficient (Wildman–Crippen LogP) is 3.43. The zero-order chi connectivity index (χ0) is 14.8. The van der Waals surface area contributed by atoms with E-state index >= 15 is 0 Å². The molecule has 1 aliphatic rings. The fourth-order valence-corrected chi connectivity index (χ4v) is 4.18. The van der Waals surface area contributed by atoms with Crippen LogP contribution in [0.3, 0.4) is 0 Å². The van der Waals surface area contributed by atoms with E-state index in [2.05, 4.69) is 17.2 Å². The number of amides is 1. The number of hydrogen-bond donors (Lipinski definition) is 2. The largest absolute Gasteiger partial charge is 0.396 e. The molecule has 1 aliphatic carbocycles. The highest BCUT2D eigenvalue weighted by Crippen LogP contribution is 2.32. The van der Waals surface area contributed by atoms with Gasteiger partial charge < -0.3 is 11.1 Å². The maximum absolute atomic E-state index is 12.4. The zero-order valence-corrected chi connectivity index (χ0v) is 13.1. The molecule has 5 heteroatoms. The van der Waals surface area contributed by atoms with Crippen LogP contribution >= 0.6 is 11.3 Å². The van der Waals surface area contributed by atoms with E-state index in [1.165, 1.54) is 37.0 Å². The summed E-state index contributed by atoms with van der Waals surface area (Å²) in [6.07, 6.45) is 6.73. The minimum Gasteiger partial charge on any atom is -0.396 e. The SMILES string of the molecule is CC1CCCC(CNC(=O)c2sc3cccnc3c2N)C1. The highest BCUT2D eigenvalue weighted by Gasteiger charge is 2.21. The highest BCUT2D eigenvalue weighted by molar-refractivity contribution is 7.21. The lowest BCUT2D eigenvalue weighted by Gasteiger charge is -2.26. The van der Waals surface area contributed by atoms with Crippen LogP contribution in [0, 0.1) is 11.8 Å². The molecular formula is C16H21N3OS. The molecule has 3 rings (SSSR count). The molecule has 0 spiro atoms. The van der Waals surface area contributed by atoms with Gasteiger partial charge in [-0.2, -0.15) is 0 Å². The van der Waals surface area contributed by atoms with E-state index in [0.717, 1.165) is 22.7 Å². The Kier molecular flexibility index (Phi) is 4.10. The molecule has 1 saturated carbocycles. The van der Waals surface area contributed by atoms with Crippen molar-refractivity contribution in [2.24, 2.45) is 11.8 Å². The third-order valence-corrected chi connectivity index (χ3v) is 5.44. The summed E-state index contributed by atoms with van der Waals surface area (Å²) in [5, 5.41) is 3.05. The second kappa shape index (κ2) is 6.02. The molecule has 0 aromatic carbocycles. The number of thiophene rings is 1. The van der Waals surface area contributed by atoms with Crippen molar-refractivity contribution in [1.29, 1.82) is 0 Å². The van der Waals surface area contributed by atoms with Crippen LogP contribution < -0.4 is 11.1 Å². The summed E-state index contributed by atoms with van der Waals surface area (Å²) in [7, 11) is 0. The fraction of sp³-hybridized carbons (Fsp3) is 0.500. The van der Waals surface area contributed by atoms with Crippen LogP contribution in [0.15, 0.2) is 18.3 Å². The number of rotatable bonds is 3. The summed E-state index contributed by atoms with van der Waals surface area (Å²) in [4.78, 5) is 17.2. The van der Waals surface area contributed by atoms with E-state index in [1.807, 2.05) is 12.1 Å². The van der Waals surface area contributed by atoms with Crippen LogP contribution in [0.1, 0.15) is 42.3 Å². The number of hydrogen-bond acceptors (Lipinski definition) is 4. The third-order valence-electron chi connectivity index (χ3n) is 4.28. The van der Waals surface area contributed by atoms with Crippen molar-refractivity contribution >= 4 is 33.1 Å². The molecule has 2 atom stereocenters. The Balaban J connectivity index is 1.68. The van der Waals surface area contributed by atoms with Crippen molar-refractivity contribution in [3.8, 4) is 0 Å². The number of fused-ring (bicyclic) bond motifs is 1. The summed E-state index contributed by atoms with van der Waals surface area (Å²) in [5.41, 5.74) is 7.30. The second-order valence-electron chi connectivity index (χ2n) is 6.04. The molecule has 2 aromatic rings. The number of pyridine rings is 1. The van der Waals surface area contributed by atoms with Gasteiger partial charge in [0.05, 0.1) is 10.4 Å². The first-order chi connectivity index (χ1) is 10.1. The van der Waals surface area contributed by atoms with E-state index in [-0.39, 0.29) is 5.91 Å². The molecule has 2 heterocycles. The number of nitrogen functional groups attached to an aromatic ring is 1. The number of aromatic nitrogens is 1. The number of nitrogens with zero attached hydrogens (tertiary/aromatic N) is 1. The van der Waals surface area contributed by atoms with E-state index in [1.54, 1.807) is 6.20 Å². The Hall–Kier alpha value is -1.62. The molecule has 2 aromatic heterocycles. The minimum atomic E-state index is -0.0614. The summed E-state index contributed by atoms with van der Waals surface area (Å²) >= 11 is 1.42. The minimum absolute atomic E-state index is 0.0614. The van der Waals surface area contributed by atoms with Gasteiger partial charge in [0.25, 0.3) is 5.91 Å². The van der Waals surface area contributed by atoms with E-state index < -0.39 is 0 Å². The van der Waals surface area contributed by atoms with E-state index in [0.29, 0.717) is 16.5 Å². The van der Waals surface area contributed by atoms with E-state index in [4.69, 9.17) is 5.73 Å². The first-order valence-electron chi connectivity index (χ1n) is 7.56. The molecule has 2 unspecified atom stereocenters. The first-order valence-corrected chi connectivity index (χ1v) is 8.38. The van der Waals surface area contributed by atoms with Crippen LogP contribution in [-0.4, -0.2) is 17.4 Å². The fourth-order valence-electron chi connectivity index (χ4n) is 3.18. The maximum atomic E-state index is 12.4. The Morgan fingerprint density at radius 2 is 2.38 bits per heavy atom. The Morgan fingerprint density at radius 1 is 1.52 bits per heavy atom. The first kappa shape index (κ1) is 14.3. The standard InChI is InChI=1S/C16H21N3OS/c1-10-4-2-5-11(8-10)9-19-16(20)15-13(17)14-12(21-15)6-3-7-18-14/h3,6-7,10-11H,2,4-5,8-9,17H2,1H3,(H,19,20). The molecule has 1 fully saturated rings. The van der Waals surface area contributed by atoms with Crippen molar-refractivity contribution in [3.05, 3.63) is 23.2 Å². The number of anilines is 1. The quantitative estimate of drug-likeness (QED) is 0.912. The average molecular weight is 303 g/mol. The molecular weight excluding hydrogens is 282 g/mol. The van der Waals surface area contributed by atoms with Gasteiger partial charge in [-0.1, -0.05) is 19.8 Å². The smallest absolute Gasteiger partial charge is 0.263 e. The van der Waals surface area contributed by atoms with Crippen LogP contribution in [0.25, 0.3) is 10.2 Å². The summed E-state index contributed by atoms with van der Waals surface area (Å²) < 4.78 is 0.964. The van der Waals surface area contributed by atoms with Gasteiger partial charge in [-0.25, -0.2) is 0 Å². The second-order valence-corrected chi connectivity index (χ2v) is 7.10. The molecule has 21 heavy (non-hydrogen) atoms. The van der Waals surface area contributed by atoms with E-state index in [9.17, 15) is 4.79 Å². The number of carbonyl (C=O) groups excluding carboxylic acids is 1. The maximum Gasteiger partial charge on any atom is 0.263 e. The van der Waals surface area contributed by atoms with Crippen LogP contribution in [0.5, 0.6) is 0 Å². The molecule has 0 aliphatic heterocycles. The lowest BCUT2D eigenvalue weighted by molar-refractivity contribution is 0.0945. The normalized spacial score (nSPS) is 22.3. The molecule has 0 saturated heterocycles. The van der Waals surface area contributed by atoms with Crippen molar-refractivity contribution in [2.75, 3.05) is 12.3 Å². The topological polar surface area (TPSA) is 68.0 Å². The lowest BCUT2D eigenvalue weighted by Crippen LogP contribution is -2.31. The molecule has 1 amide bonds. The highest BCUT2D eigenvalue weighted by atomic mass is 32.1. The van der Waals surface area contributed by atoms with Gasteiger partial charge in [-0.3, -0.25) is 9.78 Å². The van der Waals surface area contributed by atoms with Gasteiger partial charge in [0.2, 0.25) is 0 Å². The van der Waals surface area contributed by atoms with Gasteiger partial charge in [0.1, 0.15) is 10.4 Å². The van der Waals surface area contributed by atoms with Crippen molar-refractivity contribution in [2.45, 2.75) is 32.6 Å². The van der Waals surface area contributed by atoms with Gasteiger partial charge >= 0.3 is 0 Å². The molecule has 4 nitrogen and oxygen atoms in total. The lowest BCUT2D eigenvalue weighted by atomic mass is 9.82. The van der Waals surface area contributed by atoms with Crippen LogP contribution in [0.2, 0.25) is 0 Å². The summed E-state index contributed by atoms with van der Waals surface area (Å²) in [5.74, 6) is 1.32. The molecule has 112 valence electrons. The predicted molar refractivity (Wildman–Crippen MR) is 87.5 cm³/mol. The number of carbonyl (C=O) groups is 1. The van der Waals surface area contributed by atoms with Gasteiger partial charge in [0, 0.05) is 12.7 Å². The van der Waals surface area contributed by atoms with Crippen LogP contribution in [0.4, 0.5) is 5.69 Å². The zero-order valence-electron chi connectivity index (χ0n) is 12.3. The summed E-state index contributed by atoms with van der Waals surface area (Å²) in [6, 6.07) is 3.81. The van der Waals surface area contributed by atoms with Gasteiger partial charge in [-0.15, -0.1) is 11.3 Å². The Bertz CT molecular complexity index is 652. The molecule has 3 N–H and O–H groups in total. The van der Waals surface area contributed by atoms with Crippen molar-refractivity contribution in [1.82, 2.24) is 10.3 Å². The average Bonchev–Trinajstić information content (AvgIpc) is 2.83. The molecule has 0 radical (unpaired) electrons. The Morgan fingerprint density at radius 3 is 3.14 bits per heavy atom. The van der Waals surface area contributed by atoms with Crippen LogP contribution in [-0.2, 0) is 0 Å². The monoisotopic (exact) mass is 303 g/mol. The van der Waals surface area contributed by atoms with Gasteiger partial charge in [0.15, 0.2) is 0 Å². The third kappa shape index (κ3) is 3.02. The molecule has 0 bridgehead atoms. The number of nitrogens with two attached hydrogens (primary N) is 1. The van der Waals surface area contributed by atoms with Crippen molar-refractivity contribution in [3.63, 3.8) is 0 Å². The Labute approximate surface area is 128 Å². The number of nitrogens with one attached hydrogen (secondary N) is 1. The van der Waals surface area contributed by atoms with Gasteiger partial charge in [-0.05, 0) is 36.8 Å². The van der Waals surface area contributed by atoms with Crippen molar-refractivity contribution < 1.29 is 4.79 Å². The summed E-state index contributed by atoms with van der Waals surface area (Å²) in [6.45, 7) is 3.05.